The Labute approximate surface area is 81.8 Å². The van der Waals surface area contributed by atoms with Crippen molar-refractivity contribution in [2.75, 3.05) is 5.75 Å². The first-order chi connectivity index (χ1) is 5.70. The molecule has 0 aliphatic rings. The summed E-state index contributed by atoms with van der Waals surface area (Å²) in [7, 11) is 0. The molecule has 0 bridgehead atoms. The van der Waals surface area contributed by atoms with Gasteiger partial charge in [-0.25, -0.2) is 0 Å². The second-order valence-electron chi connectivity index (χ2n) is 2.95. The van der Waals surface area contributed by atoms with Crippen molar-refractivity contribution in [3.63, 3.8) is 0 Å². The molecule has 0 saturated carbocycles. The molecule has 0 aliphatic carbocycles. The SMILES string of the molecule is CC(C)SCC(O)c1ccsc1. The number of thioether (sulfide) groups is 1. The zero-order valence-electron chi connectivity index (χ0n) is 7.36. The lowest BCUT2D eigenvalue weighted by atomic mass is 10.2. The highest BCUT2D eigenvalue weighted by molar-refractivity contribution is 7.99. The van der Waals surface area contributed by atoms with Crippen LogP contribution in [-0.2, 0) is 0 Å². The first-order valence-corrected chi connectivity index (χ1v) is 6.01. The normalized spacial score (nSPS) is 13.7. The summed E-state index contributed by atoms with van der Waals surface area (Å²) in [4.78, 5) is 0. The average molecular weight is 202 g/mol. The highest BCUT2D eigenvalue weighted by Crippen LogP contribution is 2.22. The molecule has 0 aromatic carbocycles. The lowest BCUT2D eigenvalue weighted by Gasteiger charge is -2.09. The van der Waals surface area contributed by atoms with Gasteiger partial charge in [-0.15, -0.1) is 0 Å². The number of aliphatic hydroxyl groups excluding tert-OH is 1. The monoisotopic (exact) mass is 202 g/mol. The molecule has 1 nitrogen and oxygen atoms in total. The molecule has 12 heavy (non-hydrogen) atoms. The second-order valence-corrected chi connectivity index (χ2v) is 5.34. The van der Waals surface area contributed by atoms with Gasteiger partial charge in [0.15, 0.2) is 0 Å². The van der Waals surface area contributed by atoms with E-state index in [0.29, 0.717) is 5.25 Å². The lowest BCUT2D eigenvalue weighted by molar-refractivity contribution is 0.204. The van der Waals surface area contributed by atoms with Gasteiger partial charge in [-0.1, -0.05) is 13.8 Å². The second kappa shape index (κ2) is 4.90. The molecule has 1 rings (SSSR count). The van der Waals surface area contributed by atoms with Crippen molar-refractivity contribution in [2.24, 2.45) is 0 Å². The summed E-state index contributed by atoms with van der Waals surface area (Å²) in [5.41, 5.74) is 1.05. The Kier molecular flexibility index (Phi) is 4.12. The topological polar surface area (TPSA) is 20.2 Å². The molecule has 68 valence electrons. The van der Waals surface area contributed by atoms with E-state index in [1.54, 1.807) is 23.1 Å². The predicted octanol–water partition coefficient (Wildman–Crippen LogP) is 2.92. The number of hydrogen-bond acceptors (Lipinski definition) is 3. The minimum Gasteiger partial charge on any atom is -0.388 e. The fourth-order valence-corrected chi connectivity index (χ4v) is 2.31. The van der Waals surface area contributed by atoms with E-state index in [9.17, 15) is 5.11 Å². The third-order valence-electron chi connectivity index (χ3n) is 1.52. The number of hydrogen-bond donors (Lipinski definition) is 1. The van der Waals surface area contributed by atoms with Crippen LogP contribution in [0.5, 0.6) is 0 Å². The molecule has 0 amide bonds. The molecule has 0 spiro atoms. The molecule has 0 saturated heterocycles. The van der Waals surface area contributed by atoms with Gasteiger partial charge in [0.05, 0.1) is 6.10 Å². The standard InChI is InChI=1S/C9H14OS2/c1-7(2)12-6-9(10)8-3-4-11-5-8/h3-5,7,9-10H,6H2,1-2H3. The minimum atomic E-state index is -0.288. The van der Waals surface area contributed by atoms with Crippen molar-refractivity contribution in [1.82, 2.24) is 0 Å². The fourth-order valence-electron chi connectivity index (χ4n) is 0.844. The van der Waals surface area contributed by atoms with Crippen molar-refractivity contribution in [2.45, 2.75) is 25.2 Å². The van der Waals surface area contributed by atoms with Crippen molar-refractivity contribution >= 4 is 23.1 Å². The van der Waals surface area contributed by atoms with Crippen molar-refractivity contribution < 1.29 is 5.11 Å². The summed E-state index contributed by atoms with van der Waals surface area (Å²) in [5.74, 6) is 0.800. The quantitative estimate of drug-likeness (QED) is 0.810. The minimum absolute atomic E-state index is 0.288. The zero-order chi connectivity index (χ0) is 8.97. The van der Waals surface area contributed by atoms with Crippen LogP contribution in [0.15, 0.2) is 16.8 Å². The van der Waals surface area contributed by atoms with Gasteiger partial charge in [0.1, 0.15) is 0 Å². The molecule has 1 N–H and O–H groups in total. The van der Waals surface area contributed by atoms with E-state index in [-0.39, 0.29) is 6.10 Å². The summed E-state index contributed by atoms with van der Waals surface area (Å²) in [5, 5.41) is 14.2. The average Bonchev–Trinajstić information content (AvgIpc) is 2.51. The van der Waals surface area contributed by atoms with Crippen LogP contribution in [0.25, 0.3) is 0 Å². The molecule has 0 aliphatic heterocycles. The molecule has 1 aromatic heterocycles. The number of thiophene rings is 1. The molecule has 0 fully saturated rings. The number of rotatable bonds is 4. The van der Waals surface area contributed by atoms with Gasteiger partial charge in [0, 0.05) is 5.75 Å². The predicted molar refractivity (Wildman–Crippen MR) is 56.9 cm³/mol. The van der Waals surface area contributed by atoms with Crippen LogP contribution < -0.4 is 0 Å². The van der Waals surface area contributed by atoms with E-state index in [1.165, 1.54) is 0 Å². The Morgan fingerprint density at radius 1 is 1.58 bits per heavy atom. The Bertz CT molecular complexity index is 206. The third kappa shape index (κ3) is 3.17. The van der Waals surface area contributed by atoms with E-state index < -0.39 is 0 Å². The fraction of sp³-hybridized carbons (Fsp3) is 0.556. The first-order valence-electron chi connectivity index (χ1n) is 4.02. The molecular formula is C9H14OS2. The Hall–Kier alpha value is 0.01000. The van der Waals surface area contributed by atoms with Crippen LogP contribution in [0.3, 0.4) is 0 Å². The maximum Gasteiger partial charge on any atom is 0.0888 e. The van der Waals surface area contributed by atoms with Gasteiger partial charge in [0.2, 0.25) is 0 Å². The molecular weight excluding hydrogens is 188 g/mol. The van der Waals surface area contributed by atoms with Gasteiger partial charge in [-0.2, -0.15) is 23.1 Å². The smallest absolute Gasteiger partial charge is 0.0888 e. The summed E-state index contributed by atoms with van der Waals surface area (Å²) < 4.78 is 0. The first kappa shape index (κ1) is 10.1. The Morgan fingerprint density at radius 3 is 2.83 bits per heavy atom. The van der Waals surface area contributed by atoms with Crippen LogP contribution in [0.4, 0.5) is 0 Å². The van der Waals surface area contributed by atoms with E-state index >= 15 is 0 Å². The van der Waals surface area contributed by atoms with Gasteiger partial charge < -0.3 is 5.11 Å². The Balaban J connectivity index is 2.34. The van der Waals surface area contributed by atoms with Crippen LogP contribution in [-0.4, -0.2) is 16.1 Å². The van der Waals surface area contributed by atoms with Gasteiger partial charge in [-0.3, -0.25) is 0 Å². The van der Waals surface area contributed by atoms with Gasteiger partial charge in [0.25, 0.3) is 0 Å². The number of aliphatic hydroxyl groups is 1. The van der Waals surface area contributed by atoms with E-state index in [0.717, 1.165) is 11.3 Å². The summed E-state index contributed by atoms with van der Waals surface area (Å²) in [6, 6.07) is 1.98. The summed E-state index contributed by atoms with van der Waals surface area (Å²) in [6.45, 7) is 4.29. The van der Waals surface area contributed by atoms with Crippen LogP contribution in [0.1, 0.15) is 25.5 Å². The zero-order valence-corrected chi connectivity index (χ0v) is 8.99. The van der Waals surface area contributed by atoms with Crippen molar-refractivity contribution in [3.05, 3.63) is 22.4 Å². The Morgan fingerprint density at radius 2 is 2.33 bits per heavy atom. The van der Waals surface area contributed by atoms with Crippen LogP contribution in [0, 0.1) is 0 Å². The van der Waals surface area contributed by atoms with Crippen molar-refractivity contribution in [1.29, 1.82) is 0 Å². The molecule has 1 atom stereocenters. The summed E-state index contributed by atoms with van der Waals surface area (Å²) in [6.07, 6.45) is -0.288. The maximum absolute atomic E-state index is 9.64. The lowest BCUT2D eigenvalue weighted by Crippen LogP contribution is -2.01. The highest BCUT2D eigenvalue weighted by atomic mass is 32.2. The largest absolute Gasteiger partial charge is 0.388 e. The highest BCUT2D eigenvalue weighted by Gasteiger charge is 2.08. The van der Waals surface area contributed by atoms with Gasteiger partial charge >= 0.3 is 0 Å². The summed E-state index contributed by atoms with van der Waals surface area (Å²) >= 11 is 3.43. The van der Waals surface area contributed by atoms with Gasteiger partial charge in [-0.05, 0) is 27.6 Å². The molecule has 1 aromatic rings. The molecule has 1 heterocycles. The van der Waals surface area contributed by atoms with E-state index in [4.69, 9.17) is 0 Å². The maximum atomic E-state index is 9.64. The van der Waals surface area contributed by atoms with Crippen LogP contribution in [0.2, 0.25) is 0 Å². The van der Waals surface area contributed by atoms with Crippen molar-refractivity contribution in [3.8, 4) is 0 Å². The van der Waals surface area contributed by atoms with E-state index in [1.807, 2.05) is 16.8 Å². The third-order valence-corrected chi connectivity index (χ3v) is 3.39. The molecule has 0 radical (unpaired) electrons. The molecule has 1 unspecified atom stereocenters. The molecule has 3 heteroatoms. The van der Waals surface area contributed by atoms with Crippen LogP contribution >= 0.6 is 23.1 Å². The van der Waals surface area contributed by atoms with E-state index in [2.05, 4.69) is 13.8 Å².